The molecule has 0 saturated carbocycles. The van der Waals surface area contributed by atoms with Crippen molar-refractivity contribution in [1.82, 2.24) is 5.32 Å². The van der Waals surface area contributed by atoms with E-state index in [9.17, 15) is 9.59 Å². The first kappa shape index (κ1) is 19.2. The number of carbonyl (C=O) groups is 2. The molecule has 2 aromatic carbocycles. The third kappa shape index (κ3) is 4.97. The van der Waals surface area contributed by atoms with Gasteiger partial charge in [-0.25, -0.2) is 0 Å². The van der Waals surface area contributed by atoms with Gasteiger partial charge in [0.2, 0.25) is 5.91 Å². The van der Waals surface area contributed by atoms with E-state index in [0.717, 1.165) is 18.4 Å². The van der Waals surface area contributed by atoms with E-state index >= 15 is 0 Å². The first-order valence-corrected chi connectivity index (χ1v) is 9.65. The maximum atomic E-state index is 12.3. The van der Waals surface area contributed by atoms with Gasteiger partial charge in [0.15, 0.2) is 5.78 Å². The van der Waals surface area contributed by atoms with Crippen LogP contribution in [0.5, 0.6) is 5.75 Å². The second-order valence-corrected chi connectivity index (χ2v) is 7.18. The predicted octanol–water partition coefficient (Wildman–Crippen LogP) is 4.41. The Hall–Kier alpha value is -2.62. The van der Waals surface area contributed by atoms with Crippen LogP contribution in [0.25, 0.3) is 0 Å². The van der Waals surface area contributed by atoms with Crippen LogP contribution in [0.15, 0.2) is 42.5 Å². The van der Waals surface area contributed by atoms with Gasteiger partial charge in [-0.1, -0.05) is 18.2 Å². The van der Waals surface area contributed by atoms with Crippen molar-refractivity contribution in [2.24, 2.45) is 0 Å². The van der Waals surface area contributed by atoms with E-state index in [2.05, 4.69) is 23.5 Å². The summed E-state index contributed by atoms with van der Waals surface area (Å²) in [7, 11) is 1.59. The molecule has 0 spiro atoms. The lowest BCUT2D eigenvalue weighted by Crippen LogP contribution is -2.27. The Balaban J connectivity index is 1.51. The van der Waals surface area contributed by atoms with Gasteiger partial charge in [0.1, 0.15) is 5.75 Å². The molecule has 1 atom stereocenters. The average Bonchev–Trinajstić information content (AvgIpc) is 2.71. The average molecular weight is 365 g/mol. The molecule has 142 valence electrons. The maximum Gasteiger partial charge on any atom is 0.220 e. The van der Waals surface area contributed by atoms with Crippen LogP contribution in [-0.4, -0.2) is 18.8 Å². The lowest BCUT2D eigenvalue weighted by Gasteiger charge is -2.20. The van der Waals surface area contributed by atoms with Gasteiger partial charge in [-0.3, -0.25) is 9.59 Å². The summed E-state index contributed by atoms with van der Waals surface area (Å²) in [5.41, 5.74) is 4.58. The Kier molecular flexibility index (Phi) is 6.28. The molecular formula is C23H27NO3. The van der Waals surface area contributed by atoms with Crippen LogP contribution in [0.3, 0.4) is 0 Å². The molecule has 0 fully saturated rings. The fourth-order valence-electron chi connectivity index (χ4n) is 3.57. The number of benzene rings is 2. The Morgan fingerprint density at radius 1 is 1.00 bits per heavy atom. The fourth-order valence-corrected chi connectivity index (χ4v) is 3.57. The number of ether oxygens (including phenoxy) is 1. The summed E-state index contributed by atoms with van der Waals surface area (Å²) in [5.74, 6) is 0.583. The molecular weight excluding hydrogens is 338 g/mol. The van der Waals surface area contributed by atoms with Crippen molar-refractivity contribution in [2.45, 2.75) is 51.5 Å². The van der Waals surface area contributed by atoms with Gasteiger partial charge in [-0.15, -0.1) is 0 Å². The SMILES string of the molecule is COc1ccc(C(=O)CCC(=O)NC(C)c2ccc3c(c2)CCCC3)cc1. The van der Waals surface area contributed by atoms with E-state index in [1.807, 2.05) is 6.92 Å². The van der Waals surface area contributed by atoms with Gasteiger partial charge >= 0.3 is 0 Å². The zero-order valence-electron chi connectivity index (χ0n) is 16.1. The third-order valence-electron chi connectivity index (χ3n) is 5.24. The summed E-state index contributed by atoms with van der Waals surface area (Å²) in [4.78, 5) is 24.5. The van der Waals surface area contributed by atoms with Gasteiger partial charge in [0, 0.05) is 18.4 Å². The number of nitrogens with one attached hydrogen (secondary N) is 1. The zero-order chi connectivity index (χ0) is 19.2. The number of ketones is 1. The molecule has 4 heteroatoms. The summed E-state index contributed by atoms with van der Waals surface area (Å²) >= 11 is 0. The standard InChI is InChI=1S/C23H27NO3/c1-16(19-8-7-17-5-3-4-6-20(17)15-19)24-23(26)14-13-22(25)18-9-11-21(27-2)12-10-18/h7-12,15-16H,3-6,13-14H2,1-2H3,(H,24,26). The molecule has 4 nitrogen and oxygen atoms in total. The first-order chi connectivity index (χ1) is 13.1. The fraction of sp³-hybridized carbons (Fsp3) is 0.391. The topological polar surface area (TPSA) is 55.4 Å². The summed E-state index contributed by atoms with van der Waals surface area (Å²) in [6.07, 6.45) is 5.19. The third-order valence-corrected chi connectivity index (χ3v) is 5.24. The van der Waals surface area contributed by atoms with Crippen LogP contribution in [0, 0.1) is 0 Å². The summed E-state index contributed by atoms with van der Waals surface area (Å²) in [5, 5.41) is 3.02. The van der Waals surface area contributed by atoms with E-state index in [4.69, 9.17) is 4.74 Å². The van der Waals surface area contributed by atoms with Gasteiger partial charge in [-0.2, -0.15) is 0 Å². The Morgan fingerprint density at radius 2 is 1.70 bits per heavy atom. The van der Waals surface area contributed by atoms with Gasteiger partial charge < -0.3 is 10.1 Å². The largest absolute Gasteiger partial charge is 0.497 e. The van der Waals surface area contributed by atoms with Gasteiger partial charge in [0.05, 0.1) is 13.2 Å². The van der Waals surface area contributed by atoms with Crippen molar-refractivity contribution in [3.8, 4) is 5.75 Å². The van der Waals surface area contributed by atoms with Crippen molar-refractivity contribution in [2.75, 3.05) is 7.11 Å². The van der Waals surface area contributed by atoms with Crippen molar-refractivity contribution in [3.05, 3.63) is 64.7 Å². The first-order valence-electron chi connectivity index (χ1n) is 9.65. The van der Waals surface area contributed by atoms with Gasteiger partial charge in [-0.05, 0) is 73.6 Å². The minimum absolute atomic E-state index is 0.0331. The van der Waals surface area contributed by atoms with Crippen molar-refractivity contribution >= 4 is 11.7 Å². The van der Waals surface area contributed by atoms with Crippen molar-refractivity contribution in [1.29, 1.82) is 0 Å². The van der Waals surface area contributed by atoms with E-state index in [0.29, 0.717) is 11.3 Å². The van der Waals surface area contributed by atoms with E-state index in [1.165, 1.54) is 24.0 Å². The second kappa shape index (κ2) is 8.85. The smallest absolute Gasteiger partial charge is 0.220 e. The number of hydrogen-bond acceptors (Lipinski definition) is 3. The molecule has 2 aromatic rings. The normalized spacial score (nSPS) is 14.1. The number of hydrogen-bond donors (Lipinski definition) is 1. The number of Topliss-reactive ketones (excluding diaryl/α,β-unsaturated/α-hetero) is 1. The minimum atomic E-state index is -0.0953. The van der Waals surface area contributed by atoms with E-state index in [1.54, 1.807) is 31.4 Å². The number of carbonyl (C=O) groups excluding carboxylic acids is 2. The summed E-state index contributed by atoms with van der Waals surface area (Å²) in [6, 6.07) is 13.4. The number of fused-ring (bicyclic) bond motifs is 1. The molecule has 3 rings (SSSR count). The Morgan fingerprint density at radius 3 is 2.41 bits per heavy atom. The van der Waals surface area contributed by atoms with Crippen LogP contribution in [0.2, 0.25) is 0 Å². The number of amides is 1. The lowest BCUT2D eigenvalue weighted by atomic mass is 9.89. The van der Waals surface area contributed by atoms with Crippen LogP contribution in [-0.2, 0) is 17.6 Å². The molecule has 1 amide bonds. The van der Waals surface area contributed by atoms with E-state index < -0.39 is 0 Å². The molecule has 1 unspecified atom stereocenters. The molecule has 0 aromatic heterocycles. The molecule has 0 saturated heterocycles. The van der Waals surface area contributed by atoms with Crippen LogP contribution in [0.1, 0.15) is 65.7 Å². The van der Waals surface area contributed by atoms with Crippen LogP contribution >= 0.6 is 0 Å². The van der Waals surface area contributed by atoms with Crippen molar-refractivity contribution in [3.63, 3.8) is 0 Å². The highest BCUT2D eigenvalue weighted by Gasteiger charge is 2.15. The summed E-state index contributed by atoms with van der Waals surface area (Å²) < 4.78 is 5.09. The molecule has 0 aliphatic heterocycles. The highest BCUT2D eigenvalue weighted by molar-refractivity contribution is 5.98. The Bertz CT molecular complexity index is 811. The number of aryl methyl sites for hydroxylation is 2. The second-order valence-electron chi connectivity index (χ2n) is 7.18. The molecule has 1 N–H and O–H groups in total. The van der Waals surface area contributed by atoms with E-state index in [-0.39, 0.29) is 30.6 Å². The highest BCUT2D eigenvalue weighted by Crippen LogP contribution is 2.25. The molecule has 0 radical (unpaired) electrons. The monoisotopic (exact) mass is 365 g/mol. The molecule has 27 heavy (non-hydrogen) atoms. The Labute approximate surface area is 160 Å². The van der Waals surface area contributed by atoms with Gasteiger partial charge in [0.25, 0.3) is 0 Å². The van der Waals surface area contributed by atoms with Crippen molar-refractivity contribution < 1.29 is 14.3 Å². The number of methoxy groups -OCH3 is 1. The predicted molar refractivity (Wildman–Crippen MR) is 106 cm³/mol. The lowest BCUT2D eigenvalue weighted by molar-refractivity contribution is -0.121. The molecule has 1 aliphatic carbocycles. The quantitative estimate of drug-likeness (QED) is 0.739. The highest BCUT2D eigenvalue weighted by atomic mass is 16.5. The maximum absolute atomic E-state index is 12.3. The number of rotatable bonds is 7. The molecule has 0 bridgehead atoms. The molecule has 1 aliphatic rings. The molecule has 0 heterocycles. The van der Waals surface area contributed by atoms with Crippen LogP contribution in [0.4, 0.5) is 0 Å². The minimum Gasteiger partial charge on any atom is -0.497 e. The van der Waals surface area contributed by atoms with Crippen LogP contribution < -0.4 is 10.1 Å². The zero-order valence-corrected chi connectivity index (χ0v) is 16.1. The summed E-state index contributed by atoms with van der Waals surface area (Å²) in [6.45, 7) is 1.99.